The predicted octanol–water partition coefficient (Wildman–Crippen LogP) is 6.47. The zero-order valence-electron chi connectivity index (χ0n) is 17.3. The average molecular weight is 437 g/mol. The third-order valence-corrected chi connectivity index (χ3v) is 6.57. The third-order valence-electron chi connectivity index (χ3n) is 6.32. The Balaban J connectivity index is 1.57. The number of nitrogens with one attached hydrogen (secondary N) is 1. The van der Waals surface area contributed by atoms with Gasteiger partial charge in [-0.1, -0.05) is 84.4 Å². The summed E-state index contributed by atoms with van der Waals surface area (Å²) in [6.07, 6.45) is 4.81. The number of aromatic nitrogens is 3. The number of hydrogen-bond donors (Lipinski definition) is 1. The molecule has 1 aliphatic heterocycles. The molecule has 5 heteroatoms. The van der Waals surface area contributed by atoms with Crippen LogP contribution in [-0.4, -0.2) is 14.8 Å². The topological polar surface area (TPSA) is 42.7 Å². The predicted molar refractivity (Wildman–Crippen MR) is 128 cm³/mol. The molecule has 6 rings (SSSR count). The lowest BCUT2D eigenvalue weighted by Crippen LogP contribution is -2.30. The minimum absolute atomic E-state index is 0.0285. The van der Waals surface area contributed by atoms with Gasteiger partial charge in [0, 0.05) is 16.6 Å². The molecule has 32 heavy (non-hydrogen) atoms. The maximum Gasteiger partial charge on any atom is 0.226 e. The van der Waals surface area contributed by atoms with Crippen molar-refractivity contribution < 1.29 is 0 Å². The Morgan fingerprint density at radius 3 is 2.31 bits per heavy atom. The van der Waals surface area contributed by atoms with E-state index in [0.717, 1.165) is 23.1 Å². The molecule has 2 aliphatic rings. The molecule has 2 atom stereocenters. The summed E-state index contributed by atoms with van der Waals surface area (Å²) in [7, 11) is 0. The largest absolute Gasteiger partial charge is 0.324 e. The molecule has 0 saturated carbocycles. The van der Waals surface area contributed by atoms with Gasteiger partial charge in [0.05, 0.1) is 0 Å². The summed E-state index contributed by atoms with van der Waals surface area (Å²) in [6.45, 7) is 0. The molecule has 0 bridgehead atoms. The fourth-order valence-corrected chi connectivity index (χ4v) is 4.99. The molecule has 0 amide bonds. The molecule has 0 unspecified atom stereocenters. The molecule has 0 spiro atoms. The van der Waals surface area contributed by atoms with Gasteiger partial charge in [-0.15, -0.1) is 0 Å². The van der Waals surface area contributed by atoms with Crippen LogP contribution in [0.15, 0.2) is 109 Å². The Hall–Kier alpha value is -3.63. The van der Waals surface area contributed by atoms with Gasteiger partial charge in [0.15, 0.2) is 0 Å². The molecule has 2 heterocycles. The Labute approximate surface area is 191 Å². The highest BCUT2D eigenvalue weighted by molar-refractivity contribution is 6.30. The van der Waals surface area contributed by atoms with Crippen molar-refractivity contribution in [2.75, 3.05) is 5.32 Å². The van der Waals surface area contributed by atoms with Gasteiger partial charge < -0.3 is 5.32 Å². The summed E-state index contributed by atoms with van der Waals surface area (Å²) in [5.41, 5.74) is 7.39. The lowest BCUT2D eigenvalue weighted by Gasteiger charge is -2.37. The van der Waals surface area contributed by atoms with Gasteiger partial charge in [-0.3, -0.25) is 0 Å². The number of halogens is 1. The summed E-state index contributed by atoms with van der Waals surface area (Å²) in [5.74, 6) is 0.940. The first-order valence-corrected chi connectivity index (χ1v) is 11.1. The Morgan fingerprint density at radius 1 is 0.844 bits per heavy atom. The monoisotopic (exact) mass is 436 g/mol. The number of hydrogen-bond acceptors (Lipinski definition) is 3. The van der Waals surface area contributed by atoms with Gasteiger partial charge in [-0.2, -0.15) is 10.1 Å². The molecule has 4 aromatic rings. The maximum atomic E-state index is 6.23. The van der Waals surface area contributed by atoms with Crippen molar-refractivity contribution >= 4 is 23.1 Å². The van der Waals surface area contributed by atoms with E-state index >= 15 is 0 Å². The van der Waals surface area contributed by atoms with Crippen LogP contribution in [0.1, 0.15) is 35.1 Å². The summed E-state index contributed by atoms with van der Waals surface area (Å²) in [6, 6.07) is 29.4. The van der Waals surface area contributed by atoms with Crippen molar-refractivity contribution in [3.05, 3.63) is 130 Å². The van der Waals surface area contributed by atoms with Crippen LogP contribution in [0.2, 0.25) is 5.02 Å². The molecule has 3 aromatic carbocycles. The summed E-state index contributed by atoms with van der Waals surface area (Å²) in [4.78, 5) is 4.49. The van der Waals surface area contributed by atoms with E-state index in [4.69, 9.17) is 11.6 Å². The van der Waals surface area contributed by atoms with Crippen molar-refractivity contribution in [2.45, 2.75) is 18.4 Å². The van der Waals surface area contributed by atoms with Gasteiger partial charge in [0.1, 0.15) is 12.4 Å². The number of anilines is 1. The van der Waals surface area contributed by atoms with E-state index in [2.05, 4.69) is 88.2 Å². The highest BCUT2D eigenvalue weighted by atomic mass is 35.5. The van der Waals surface area contributed by atoms with Crippen LogP contribution in [0.5, 0.6) is 0 Å². The minimum atomic E-state index is -0.0285. The highest BCUT2D eigenvalue weighted by Crippen LogP contribution is 2.49. The second-order valence-electron chi connectivity index (χ2n) is 8.18. The Bertz CT molecular complexity index is 1320. The second kappa shape index (κ2) is 7.81. The first kappa shape index (κ1) is 19.1. The summed E-state index contributed by atoms with van der Waals surface area (Å²) < 4.78 is 2.00. The van der Waals surface area contributed by atoms with Crippen LogP contribution in [-0.2, 0) is 0 Å². The SMILES string of the molecule is Clc1ccc([C@@H]2CC(c3ccccc3)=CC3=C2[C@@H](c2ccccc2)n2ncnc2N3)cc1. The summed E-state index contributed by atoms with van der Waals surface area (Å²) in [5, 5.41) is 8.90. The van der Waals surface area contributed by atoms with Crippen LogP contribution < -0.4 is 5.32 Å². The van der Waals surface area contributed by atoms with E-state index in [1.807, 2.05) is 22.9 Å². The Kier molecular flexibility index (Phi) is 4.66. The molecule has 0 saturated heterocycles. The van der Waals surface area contributed by atoms with E-state index in [-0.39, 0.29) is 12.0 Å². The number of nitrogens with zero attached hydrogens (tertiary/aromatic N) is 3. The number of rotatable bonds is 3. The van der Waals surface area contributed by atoms with Gasteiger partial charge in [-0.25, -0.2) is 4.68 Å². The van der Waals surface area contributed by atoms with E-state index in [0.29, 0.717) is 0 Å². The molecule has 4 nitrogen and oxygen atoms in total. The molecule has 0 fully saturated rings. The quantitative estimate of drug-likeness (QED) is 0.400. The van der Waals surface area contributed by atoms with E-state index in [1.165, 1.54) is 27.8 Å². The lowest BCUT2D eigenvalue weighted by molar-refractivity contribution is 0.535. The first-order valence-electron chi connectivity index (χ1n) is 10.7. The second-order valence-corrected chi connectivity index (χ2v) is 8.62. The standard InChI is InChI=1S/C27H21ClN4/c28-22-13-11-19(12-14-22)23-15-21(18-7-3-1-4-8-18)16-24-25(23)26(20-9-5-2-6-10-20)32-27(31-24)29-17-30-32/h1-14,16-17,23,26H,15H2,(H,29,30,31)/t23-,26+/m0/s1. The van der Waals surface area contributed by atoms with Crippen molar-refractivity contribution in [2.24, 2.45) is 0 Å². The van der Waals surface area contributed by atoms with Crippen molar-refractivity contribution in [3.8, 4) is 0 Å². The van der Waals surface area contributed by atoms with E-state index in [1.54, 1.807) is 6.33 Å². The van der Waals surface area contributed by atoms with Crippen LogP contribution in [0.4, 0.5) is 5.95 Å². The molecule has 1 aromatic heterocycles. The number of fused-ring (bicyclic) bond motifs is 1. The Morgan fingerprint density at radius 2 is 1.56 bits per heavy atom. The van der Waals surface area contributed by atoms with Crippen LogP contribution in [0, 0.1) is 0 Å². The molecule has 1 N–H and O–H groups in total. The van der Waals surface area contributed by atoms with E-state index in [9.17, 15) is 0 Å². The smallest absolute Gasteiger partial charge is 0.226 e. The van der Waals surface area contributed by atoms with Crippen molar-refractivity contribution in [1.82, 2.24) is 14.8 Å². The molecule has 1 aliphatic carbocycles. The fourth-order valence-electron chi connectivity index (χ4n) is 4.86. The fraction of sp³-hybridized carbons (Fsp3) is 0.111. The van der Waals surface area contributed by atoms with Crippen LogP contribution in [0.25, 0.3) is 5.57 Å². The maximum absolute atomic E-state index is 6.23. The number of benzene rings is 3. The van der Waals surface area contributed by atoms with Crippen LogP contribution in [0.3, 0.4) is 0 Å². The lowest BCUT2D eigenvalue weighted by atomic mass is 9.74. The zero-order chi connectivity index (χ0) is 21.5. The average Bonchev–Trinajstić information content (AvgIpc) is 3.31. The van der Waals surface area contributed by atoms with Gasteiger partial charge >= 0.3 is 0 Å². The normalized spacial score (nSPS) is 19.6. The molecule has 0 radical (unpaired) electrons. The van der Waals surface area contributed by atoms with Gasteiger partial charge in [0.25, 0.3) is 0 Å². The van der Waals surface area contributed by atoms with Crippen LogP contribution >= 0.6 is 11.6 Å². The van der Waals surface area contributed by atoms with Gasteiger partial charge in [-0.05, 0) is 52.5 Å². The van der Waals surface area contributed by atoms with E-state index < -0.39 is 0 Å². The summed E-state index contributed by atoms with van der Waals surface area (Å²) >= 11 is 6.23. The van der Waals surface area contributed by atoms with Crippen molar-refractivity contribution in [3.63, 3.8) is 0 Å². The highest BCUT2D eigenvalue weighted by Gasteiger charge is 2.37. The van der Waals surface area contributed by atoms with Gasteiger partial charge in [0.2, 0.25) is 5.95 Å². The third kappa shape index (κ3) is 3.24. The van der Waals surface area contributed by atoms with Crippen molar-refractivity contribution in [1.29, 1.82) is 0 Å². The number of allylic oxidation sites excluding steroid dienone is 3. The zero-order valence-corrected chi connectivity index (χ0v) is 18.1. The molecular weight excluding hydrogens is 416 g/mol. The molecule has 156 valence electrons. The molecular formula is C27H21ClN4. The minimum Gasteiger partial charge on any atom is -0.324 e. The first-order chi connectivity index (χ1) is 15.8.